The van der Waals surface area contributed by atoms with E-state index in [1.54, 1.807) is 23.9 Å². The number of carbonyl (C=O) groups excluding carboxylic acids is 1. The minimum atomic E-state index is -0.240. The molecule has 6 heteroatoms. The van der Waals surface area contributed by atoms with Crippen molar-refractivity contribution < 1.29 is 9.18 Å². The molecule has 0 aromatic heterocycles. The number of nitrogens with one attached hydrogen (secondary N) is 1. The zero-order valence-corrected chi connectivity index (χ0v) is 12.8. The molecule has 20 heavy (non-hydrogen) atoms. The number of carbonyl (C=O) groups is 1. The van der Waals surface area contributed by atoms with E-state index >= 15 is 0 Å². The molecule has 112 valence electrons. The third-order valence-corrected chi connectivity index (χ3v) is 4.19. The van der Waals surface area contributed by atoms with E-state index in [2.05, 4.69) is 5.32 Å². The van der Waals surface area contributed by atoms with Gasteiger partial charge in [-0.05, 0) is 43.0 Å². The van der Waals surface area contributed by atoms with Crippen molar-refractivity contribution in [3.63, 3.8) is 0 Å². The van der Waals surface area contributed by atoms with Gasteiger partial charge in [-0.25, -0.2) is 4.39 Å². The summed E-state index contributed by atoms with van der Waals surface area (Å²) in [6.07, 6.45) is 2.84. The third kappa shape index (κ3) is 6.11. The van der Waals surface area contributed by atoms with Crippen LogP contribution in [0.5, 0.6) is 0 Å². The Labute approximate surface area is 129 Å². The maximum atomic E-state index is 12.7. The summed E-state index contributed by atoms with van der Waals surface area (Å²) in [5, 5.41) is 2.86. The molecule has 1 unspecified atom stereocenters. The van der Waals surface area contributed by atoms with Crippen molar-refractivity contribution in [1.82, 2.24) is 5.32 Å². The summed E-state index contributed by atoms with van der Waals surface area (Å²) in [6.45, 7) is 0.574. The van der Waals surface area contributed by atoms with Gasteiger partial charge < -0.3 is 11.1 Å². The summed E-state index contributed by atoms with van der Waals surface area (Å²) < 4.78 is 12.7. The molecule has 1 aromatic rings. The highest BCUT2D eigenvalue weighted by atomic mass is 35.5. The molecule has 1 aromatic carbocycles. The maximum absolute atomic E-state index is 12.7. The molecule has 3 nitrogen and oxygen atoms in total. The molecule has 2 rings (SSSR count). The zero-order chi connectivity index (χ0) is 13.7. The minimum absolute atomic E-state index is 0. The molecule has 1 atom stereocenters. The van der Waals surface area contributed by atoms with Crippen LogP contribution in [-0.2, 0) is 4.79 Å². The van der Waals surface area contributed by atoms with Gasteiger partial charge in [-0.15, -0.1) is 24.2 Å². The van der Waals surface area contributed by atoms with Gasteiger partial charge in [0.25, 0.3) is 0 Å². The van der Waals surface area contributed by atoms with E-state index in [-0.39, 0.29) is 30.2 Å². The first-order valence-electron chi connectivity index (χ1n) is 6.56. The van der Waals surface area contributed by atoms with Crippen molar-refractivity contribution in [3.05, 3.63) is 30.1 Å². The van der Waals surface area contributed by atoms with Crippen LogP contribution in [0, 0.1) is 11.7 Å². The van der Waals surface area contributed by atoms with Gasteiger partial charge in [0.15, 0.2) is 0 Å². The molecule has 3 N–H and O–H groups in total. The van der Waals surface area contributed by atoms with E-state index in [0.29, 0.717) is 24.6 Å². The molecule has 1 amide bonds. The van der Waals surface area contributed by atoms with E-state index in [1.807, 2.05) is 0 Å². The standard InChI is InChI=1S/C14H19FN2OS.ClH/c15-11-3-5-12(6-4-11)19-8-7-14(18)17-9-13(16)10-1-2-10;/h3-6,10,13H,1-2,7-9,16H2,(H,17,18);1H. The number of halogens is 2. The normalized spacial score (nSPS) is 15.3. The molecule has 1 saturated carbocycles. The molecule has 0 bridgehead atoms. The summed E-state index contributed by atoms with van der Waals surface area (Å²) in [4.78, 5) is 12.6. The van der Waals surface area contributed by atoms with Crippen LogP contribution >= 0.6 is 24.2 Å². The largest absolute Gasteiger partial charge is 0.355 e. The van der Waals surface area contributed by atoms with Crippen LogP contribution in [-0.4, -0.2) is 24.2 Å². The Kier molecular flexibility index (Phi) is 7.34. The second-order valence-electron chi connectivity index (χ2n) is 4.86. The zero-order valence-electron chi connectivity index (χ0n) is 11.2. The van der Waals surface area contributed by atoms with Gasteiger partial charge in [0.05, 0.1) is 0 Å². The molecule has 0 heterocycles. The minimum Gasteiger partial charge on any atom is -0.355 e. The number of nitrogens with two attached hydrogens (primary N) is 1. The van der Waals surface area contributed by atoms with Crippen LogP contribution in [0.15, 0.2) is 29.2 Å². The highest BCUT2D eigenvalue weighted by Crippen LogP contribution is 2.31. The summed E-state index contributed by atoms with van der Waals surface area (Å²) in [6, 6.07) is 6.41. The van der Waals surface area contributed by atoms with Crippen LogP contribution in [0.3, 0.4) is 0 Å². The van der Waals surface area contributed by atoms with Crippen molar-refractivity contribution in [1.29, 1.82) is 0 Å². The fourth-order valence-corrected chi connectivity index (χ4v) is 2.66. The fraction of sp³-hybridized carbons (Fsp3) is 0.500. The van der Waals surface area contributed by atoms with Crippen LogP contribution in [0.25, 0.3) is 0 Å². The molecule has 0 saturated heterocycles. The Morgan fingerprint density at radius 3 is 2.65 bits per heavy atom. The monoisotopic (exact) mass is 318 g/mol. The van der Waals surface area contributed by atoms with Gasteiger partial charge in [-0.2, -0.15) is 0 Å². The maximum Gasteiger partial charge on any atom is 0.220 e. The van der Waals surface area contributed by atoms with Crippen molar-refractivity contribution in [2.24, 2.45) is 11.7 Å². The summed E-state index contributed by atoms with van der Waals surface area (Å²) in [5.41, 5.74) is 5.91. The summed E-state index contributed by atoms with van der Waals surface area (Å²) in [7, 11) is 0. The molecule has 0 radical (unpaired) electrons. The highest BCUT2D eigenvalue weighted by molar-refractivity contribution is 7.99. The predicted molar refractivity (Wildman–Crippen MR) is 82.7 cm³/mol. The first kappa shape index (κ1) is 17.3. The van der Waals surface area contributed by atoms with E-state index in [0.717, 1.165) is 4.90 Å². The summed E-state index contributed by atoms with van der Waals surface area (Å²) in [5.74, 6) is 1.09. The topological polar surface area (TPSA) is 55.1 Å². The Hall–Kier alpha value is -0.780. The van der Waals surface area contributed by atoms with Crippen molar-refractivity contribution in [3.8, 4) is 0 Å². The second-order valence-corrected chi connectivity index (χ2v) is 6.03. The number of hydrogen-bond acceptors (Lipinski definition) is 3. The quantitative estimate of drug-likeness (QED) is 0.760. The molecule has 1 aliphatic carbocycles. The fourth-order valence-electron chi connectivity index (χ4n) is 1.80. The van der Waals surface area contributed by atoms with Crippen LogP contribution in [0.1, 0.15) is 19.3 Å². The smallest absolute Gasteiger partial charge is 0.220 e. The van der Waals surface area contributed by atoms with E-state index in [9.17, 15) is 9.18 Å². The predicted octanol–water partition coefficient (Wildman–Crippen LogP) is 2.58. The Balaban J connectivity index is 0.00000200. The van der Waals surface area contributed by atoms with Gasteiger partial charge in [0, 0.05) is 29.7 Å². The molecule has 1 aliphatic rings. The van der Waals surface area contributed by atoms with Crippen LogP contribution in [0.2, 0.25) is 0 Å². The van der Waals surface area contributed by atoms with Gasteiger partial charge in [0.1, 0.15) is 5.82 Å². The van der Waals surface area contributed by atoms with E-state index in [1.165, 1.54) is 25.0 Å². The van der Waals surface area contributed by atoms with Gasteiger partial charge in [-0.3, -0.25) is 4.79 Å². The van der Waals surface area contributed by atoms with Gasteiger partial charge in [-0.1, -0.05) is 0 Å². The lowest BCUT2D eigenvalue weighted by atomic mass is 10.2. The van der Waals surface area contributed by atoms with Crippen molar-refractivity contribution >= 4 is 30.1 Å². The third-order valence-electron chi connectivity index (χ3n) is 3.17. The first-order chi connectivity index (χ1) is 9.15. The molecule has 0 aliphatic heterocycles. The lowest BCUT2D eigenvalue weighted by molar-refractivity contribution is -0.120. The molecular weight excluding hydrogens is 299 g/mol. The number of amides is 1. The number of rotatable bonds is 7. The molecular formula is C14H20ClFN2OS. The van der Waals surface area contributed by atoms with E-state index < -0.39 is 0 Å². The Morgan fingerprint density at radius 1 is 1.40 bits per heavy atom. The average Bonchev–Trinajstić information content (AvgIpc) is 3.23. The molecule has 0 spiro atoms. The average molecular weight is 319 g/mol. The van der Waals surface area contributed by atoms with Crippen molar-refractivity contribution in [2.45, 2.75) is 30.2 Å². The number of benzene rings is 1. The van der Waals surface area contributed by atoms with Crippen LogP contribution < -0.4 is 11.1 Å². The lowest BCUT2D eigenvalue weighted by Crippen LogP contribution is -2.38. The number of thioether (sulfide) groups is 1. The summed E-state index contributed by atoms with van der Waals surface area (Å²) >= 11 is 1.55. The first-order valence-corrected chi connectivity index (χ1v) is 7.54. The van der Waals surface area contributed by atoms with Gasteiger partial charge >= 0.3 is 0 Å². The SMILES string of the molecule is Cl.NC(CNC(=O)CCSc1ccc(F)cc1)C1CC1. The van der Waals surface area contributed by atoms with Crippen molar-refractivity contribution in [2.75, 3.05) is 12.3 Å². The second kappa shape index (κ2) is 8.49. The van der Waals surface area contributed by atoms with Gasteiger partial charge in [0.2, 0.25) is 5.91 Å². The Bertz CT molecular complexity index is 426. The van der Waals surface area contributed by atoms with Crippen LogP contribution in [0.4, 0.5) is 4.39 Å². The number of hydrogen-bond donors (Lipinski definition) is 2. The Morgan fingerprint density at radius 2 is 2.05 bits per heavy atom. The molecule has 1 fully saturated rings. The lowest BCUT2D eigenvalue weighted by Gasteiger charge is -2.11. The van der Waals surface area contributed by atoms with E-state index in [4.69, 9.17) is 5.73 Å². The highest BCUT2D eigenvalue weighted by Gasteiger charge is 2.28.